The Morgan fingerprint density at radius 1 is 0.619 bits per heavy atom. The second-order valence-electron chi connectivity index (χ2n) is 10.5. The molecule has 0 aliphatic heterocycles. The van der Waals surface area contributed by atoms with Gasteiger partial charge in [-0.15, -0.1) is 0 Å². The van der Waals surface area contributed by atoms with Crippen LogP contribution in [0.5, 0.6) is 0 Å². The third kappa shape index (κ3) is 5.38. The first-order valence-electron chi connectivity index (χ1n) is 13.8. The number of rotatable bonds is 8. The van der Waals surface area contributed by atoms with Crippen molar-refractivity contribution in [2.45, 2.75) is 38.5 Å². The normalized spacial score (nSPS) is 12.9. The minimum atomic E-state index is -0.657. The van der Waals surface area contributed by atoms with Crippen molar-refractivity contribution in [2.24, 2.45) is 0 Å². The Morgan fingerprint density at radius 3 is 1.48 bits per heavy atom. The fraction of sp³-hybridized carbons (Fsp3) is 0.171. The highest BCUT2D eigenvalue weighted by atomic mass is 19.1. The van der Waals surface area contributed by atoms with Gasteiger partial charge in [0.2, 0.25) is 0 Å². The maximum Gasteiger partial charge on any atom is 0.151 e. The molecule has 0 saturated heterocycles. The molecule has 0 spiro atoms. The molecule has 0 aliphatic rings. The van der Waals surface area contributed by atoms with Gasteiger partial charge in [-0.25, -0.2) is 8.78 Å². The molecule has 0 radical (unpaired) electrons. The smallest absolute Gasteiger partial charge is 0.151 e. The highest BCUT2D eigenvalue weighted by molar-refractivity contribution is 5.93. The number of pyridine rings is 4. The van der Waals surface area contributed by atoms with Crippen LogP contribution in [0.25, 0.3) is 21.8 Å². The van der Waals surface area contributed by atoms with Gasteiger partial charge in [0.15, 0.2) is 5.78 Å². The number of para-hydroxylation sites is 2. The molecule has 7 heteroatoms. The SMILES string of the molecule is Cc1cccc(C(Cc2ccnc3c(F)cccc23)C(=O)C(Cc2ccnc3c(F)cccc23)c2cccc(C)n2)n1. The van der Waals surface area contributed by atoms with Crippen LogP contribution in [0, 0.1) is 25.5 Å². The second kappa shape index (κ2) is 11.5. The highest BCUT2D eigenvalue weighted by Gasteiger charge is 2.33. The lowest BCUT2D eigenvalue weighted by Crippen LogP contribution is -2.26. The molecule has 0 bridgehead atoms. The zero-order valence-corrected chi connectivity index (χ0v) is 23.3. The van der Waals surface area contributed by atoms with E-state index >= 15 is 0 Å². The van der Waals surface area contributed by atoms with Crippen LogP contribution in [0.3, 0.4) is 0 Å². The van der Waals surface area contributed by atoms with E-state index < -0.39 is 23.5 Å². The molecule has 0 fully saturated rings. The number of carbonyl (C=O) groups is 1. The van der Waals surface area contributed by atoms with Gasteiger partial charge in [0.05, 0.1) is 23.2 Å². The van der Waals surface area contributed by atoms with Gasteiger partial charge in [0.1, 0.15) is 22.7 Å². The van der Waals surface area contributed by atoms with E-state index in [1.807, 2.05) is 74.5 Å². The molecule has 6 rings (SSSR count). The Morgan fingerprint density at radius 2 is 1.05 bits per heavy atom. The molecule has 5 nitrogen and oxygen atoms in total. The summed E-state index contributed by atoms with van der Waals surface area (Å²) in [6.45, 7) is 3.78. The first-order chi connectivity index (χ1) is 20.4. The van der Waals surface area contributed by atoms with Crippen molar-refractivity contribution >= 4 is 27.6 Å². The Labute approximate surface area is 242 Å². The summed E-state index contributed by atoms with van der Waals surface area (Å²) in [4.78, 5) is 32.8. The molecular weight excluding hydrogens is 530 g/mol. The lowest BCUT2D eigenvalue weighted by atomic mass is 9.80. The van der Waals surface area contributed by atoms with Crippen molar-refractivity contribution in [2.75, 3.05) is 0 Å². The van der Waals surface area contributed by atoms with Gasteiger partial charge in [0.25, 0.3) is 0 Å². The minimum Gasteiger partial charge on any atom is -0.298 e. The number of halogens is 2. The Balaban J connectivity index is 1.49. The lowest BCUT2D eigenvalue weighted by molar-refractivity contribution is -0.122. The molecule has 0 amide bonds. The van der Waals surface area contributed by atoms with Crippen molar-refractivity contribution in [1.82, 2.24) is 19.9 Å². The van der Waals surface area contributed by atoms with Gasteiger partial charge < -0.3 is 0 Å². The van der Waals surface area contributed by atoms with Gasteiger partial charge in [-0.05, 0) is 86.3 Å². The first-order valence-corrected chi connectivity index (χ1v) is 13.8. The summed E-state index contributed by atoms with van der Waals surface area (Å²) in [6.07, 6.45) is 3.74. The molecule has 42 heavy (non-hydrogen) atoms. The summed E-state index contributed by atoms with van der Waals surface area (Å²) in [6, 6.07) is 24.6. The van der Waals surface area contributed by atoms with Gasteiger partial charge in [0, 0.05) is 34.6 Å². The van der Waals surface area contributed by atoms with E-state index in [9.17, 15) is 13.6 Å². The number of Topliss-reactive ketones (excluding diaryl/α,β-unsaturated/α-hetero) is 1. The minimum absolute atomic E-state index is 0.0751. The Bertz CT molecular complexity index is 1800. The van der Waals surface area contributed by atoms with E-state index in [-0.39, 0.29) is 16.8 Å². The summed E-state index contributed by atoms with van der Waals surface area (Å²) in [7, 11) is 0. The fourth-order valence-corrected chi connectivity index (χ4v) is 5.65. The number of carbonyl (C=O) groups excluding carboxylic acids is 1. The summed E-state index contributed by atoms with van der Waals surface area (Å²) in [5.74, 6) is -2.21. The Hall–Kier alpha value is -4.91. The van der Waals surface area contributed by atoms with Crippen molar-refractivity contribution in [3.05, 3.63) is 143 Å². The number of hydrogen-bond donors (Lipinski definition) is 0. The third-order valence-corrected chi connectivity index (χ3v) is 7.69. The van der Waals surface area contributed by atoms with Crippen LogP contribution in [0.4, 0.5) is 8.78 Å². The maximum absolute atomic E-state index is 14.8. The zero-order valence-electron chi connectivity index (χ0n) is 23.3. The molecule has 0 N–H and O–H groups in total. The number of aryl methyl sites for hydroxylation is 2. The summed E-state index contributed by atoms with van der Waals surface area (Å²) in [5, 5.41) is 1.31. The van der Waals surface area contributed by atoms with Crippen molar-refractivity contribution in [1.29, 1.82) is 0 Å². The number of hydrogen-bond acceptors (Lipinski definition) is 5. The molecule has 2 aromatic carbocycles. The van der Waals surface area contributed by atoms with Crippen molar-refractivity contribution < 1.29 is 13.6 Å². The lowest BCUT2D eigenvalue weighted by Gasteiger charge is -2.24. The van der Waals surface area contributed by atoms with Crippen molar-refractivity contribution in [3.8, 4) is 0 Å². The molecule has 4 heterocycles. The van der Waals surface area contributed by atoms with Crippen LogP contribution in [0.1, 0.15) is 45.7 Å². The molecule has 4 aromatic heterocycles. The number of fused-ring (bicyclic) bond motifs is 2. The van der Waals surface area contributed by atoms with E-state index in [0.717, 1.165) is 22.5 Å². The summed E-state index contributed by atoms with van der Waals surface area (Å²) >= 11 is 0. The molecule has 0 aliphatic carbocycles. The van der Waals surface area contributed by atoms with Crippen LogP contribution in [-0.2, 0) is 17.6 Å². The van der Waals surface area contributed by atoms with E-state index in [0.29, 0.717) is 35.0 Å². The molecule has 0 saturated carbocycles. The number of aromatic nitrogens is 4. The average Bonchev–Trinajstić information content (AvgIpc) is 2.99. The monoisotopic (exact) mass is 558 g/mol. The number of ketones is 1. The predicted octanol–water partition coefficient (Wildman–Crippen LogP) is 7.39. The molecular formula is C35H28F2N4O. The number of nitrogens with zero attached hydrogens (tertiary/aromatic N) is 4. The quantitative estimate of drug-likeness (QED) is 0.195. The van der Waals surface area contributed by atoms with Gasteiger partial charge >= 0.3 is 0 Å². The van der Waals surface area contributed by atoms with Gasteiger partial charge in [-0.2, -0.15) is 0 Å². The molecule has 2 atom stereocenters. The van der Waals surface area contributed by atoms with Crippen LogP contribution in [0.15, 0.2) is 97.3 Å². The third-order valence-electron chi connectivity index (χ3n) is 7.69. The second-order valence-corrected chi connectivity index (χ2v) is 10.5. The summed E-state index contributed by atoms with van der Waals surface area (Å²) < 4.78 is 29.3. The largest absolute Gasteiger partial charge is 0.298 e. The van der Waals surface area contributed by atoms with Crippen LogP contribution >= 0.6 is 0 Å². The van der Waals surface area contributed by atoms with Crippen LogP contribution in [-0.4, -0.2) is 25.7 Å². The average molecular weight is 559 g/mol. The summed E-state index contributed by atoms with van der Waals surface area (Å²) in [5.41, 5.74) is 4.96. The van der Waals surface area contributed by atoms with Gasteiger partial charge in [-0.3, -0.25) is 24.7 Å². The maximum atomic E-state index is 14.8. The van der Waals surface area contributed by atoms with Crippen LogP contribution in [0.2, 0.25) is 0 Å². The highest BCUT2D eigenvalue weighted by Crippen LogP contribution is 2.34. The predicted molar refractivity (Wildman–Crippen MR) is 159 cm³/mol. The molecule has 2 unspecified atom stereocenters. The zero-order chi connectivity index (χ0) is 29.2. The Kier molecular flexibility index (Phi) is 7.48. The molecule has 6 aromatic rings. The fourth-order valence-electron chi connectivity index (χ4n) is 5.65. The topological polar surface area (TPSA) is 68.6 Å². The van der Waals surface area contributed by atoms with Crippen LogP contribution < -0.4 is 0 Å². The first kappa shape index (κ1) is 27.3. The number of benzene rings is 2. The van der Waals surface area contributed by atoms with E-state index in [1.165, 1.54) is 12.1 Å². The van der Waals surface area contributed by atoms with Gasteiger partial charge in [-0.1, -0.05) is 36.4 Å². The van der Waals surface area contributed by atoms with Crippen molar-refractivity contribution in [3.63, 3.8) is 0 Å². The van der Waals surface area contributed by atoms with E-state index in [4.69, 9.17) is 9.97 Å². The standard InChI is InChI=1S/C35H28F2N4O/c1-21-7-3-13-31(40-21)27(19-23-15-17-38-33-25(23)9-5-11-29(33)36)35(42)28(32-14-4-8-22(2)41-32)20-24-16-18-39-34-26(24)10-6-12-30(34)37/h3-18,27-28H,19-20H2,1-2H3. The van der Waals surface area contributed by atoms with E-state index in [1.54, 1.807) is 24.5 Å². The van der Waals surface area contributed by atoms with E-state index in [2.05, 4.69) is 9.97 Å². The molecule has 208 valence electrons.